The van der Waals surface area contributed by atoms with Crippen molar-refractivity contribution in [2.24, 2.45) is 11.8 Å². The van der Waals surface area contributed by atoms with Gasteiger partial charge in [0.05, 0.1) is 0 Å². The molecule has 3 nitrogen and oxygen atoms in total. The Hall–Kier alpha value is -1.84. The van der Waals surface area contributed by atoms with E-state index in [-0.39, 0.29) is 0 Å². The molecule has 158 valence electrons. The number of hydrogen-bond donors (Lipinski definition) is 0. The molecule has 0 radical (unpaired) electrons. The summed E-state index contributed by atoms with van der Waals surface area (Å²) in [4.78, 5) is 8.25. The van der Waals surface area contributed by atoms with Crippen LogP contribution in [-0.2, 0) is 6.42 Å². The number of hydrogen-bond acceptors (Lipinski definition) is 3. The highest BCUT2D eigenvalue weighted by molar-refractivity contribution is 5.52. The molecule has 1 spiro atoms. The first-order valence-corrected chi connectivity index (χ1v) is 12.1. The maximum absolute atomic E-state index is 2.83. The predicted molar refractivity (Wildman–Crippen MR) is 124 cm³/mol. The molecule has 3 heterocycles. The lowest BCUT2D eigenvalue weighted by Crippen LogP contribution is -2.57. The molecule has 1 aliphatic carbocycles. The average molecular weight is 402 g/mol. The van der Waals surface area contributed by atoms with Crippen LogP contribution >= 0.6 is 0 Å². The third-order valence-electron chi connectivity index (χ3n) is 8.78. The third-order valence-corrected chi connectivity index (χ3v) is 8.78. The van der Waals surface area contributed by atoms with Gasteiger partial charge in [0.2, 0.25) is 0 Å². The van der Waals surface area contributed by atoms with Crippen LogP contribution in [0.4, 0.5) is 5.69 Å². The van der Waals surface area contributed by atoms with Crippen molar-refractivity contribution in [1.82, 2.24) is 9.80 Å². The van der Waals surface area contributed by atoms with E-state index in [1.165, 1.54) is 70.5 Å². The van der Waals surface area contributed by atoms with E-state index < -0.39 is 0 Å². The van der Waals surface area contributed by atoms with Crippen molar-refractivity contribution in [3.63, 3.8) is 0 Å². The molecule has 4 aliphatic rings. The van der Waals surface area contributed by atoms with Gasteiger partial charge in [-0.3, -0.25) is 4.90 Å². The molecule has 2 aromatic rings. The summed E-state index contributed by atoms with van der Waals surface area (Å²) in [7, 11) is 2.33. The van der Waals surface area contributed by atoms with Crippen molar-refractivity contribution in [3.8, 4) is 0 Å². The molecule has 3 unspecified atom stereocenters. The molecule has 0 aromatic heterocycles. The Morgan fingerprint density at radius 1 is 0.867 bits per heavy atom. The highest BCUT2D eigenvalue weighted by Crippen LogP contribution is 2.51. The minimum absolute atomic E-state index is 0.349. The topological polar surface area (TPSA) is 9.72 Å². The number of benzene rings is 2. The van der Waals surface area contributed by atoms with Gasteiger partial charge >= 0.3 is 0 Å². The van der Waals surface area contributed by atoms with Crippen molar-refractivity contribution >= 4 is 5.69 Å². The SMILES string of the molecule is CN1CC2CN(c3ccccc3)C3(CCN(C4CCCc5ccccc54)CC3)C2C1. The lowest BCUT2D eigenvalue weighted by atomic mass is 9.74. The average Bonchev–Trinajstić information content (AvgIpc) is 3.30. The molecule has 3 saturated heterocycles. The minimum atomic E-state index is 0.349. The molecule has 6 rings (SSSR count). The molecule has 3 atom stereocenters. The number of nitrogens with zero attached hydrogens (tertiary/aromatic N) is 3. The number of rotatable bonds is 2. The minimum Gasteiger partial charge on any atom is -0.365 e. The van der Waals surface area contributed by atoms with Gasteiger partial charge in [-0.1, -0.05) is 42.5 Å². The Labute approximate surface area is 181 Å². The van der Waals surface area contributed by atoms with E-state index in [0.29, 0.717) is 11.6 Å². The number of anilines is 1. The molecule has 0 N–H and O–H groups in total. The van der Waals surface area contributed by atoms with Crippen LogP contribution in [0.25, 0.3) is 0 Å². The molecular weight excluding hydrogens is 366 g/mol. The summed E-state index contributed by atoms with van der Waals surface area (Å²) < 4.78 is 0. The van der Waals surface area contributed by atoms with E-state index in [2.05, 4.69) is 76.3 Å². The van der Waals surface area contributed by atoms with Gasteiger partial charge < -0.3 is 9.80 Å². The normalized spacial score (nSPS) is 31.1. The van der Waals surface area contributed by atoms with Crippen LogP contribution in [0.2, 0.25) is 0 Å². The lowest BCUT2D eigenvalue weighted by molar-refractivity contribution is 0.0857. The first-order valence-electron chi connectivity index (χ1n) is 12.1. The Kier molecular flexibility index (Phi) is 4.65. The Bertz CT molecular complexity index is 886. The first-order chi connectivity index (χ1) is 14.7. The highest BCUT2D eigenvalue weighted by atomic mass is 15.3. The second-order valence-electron chi connectivity index (χ2n) is 10.3. The summed E-state index contributed by atoms with van der Waals surface area (Å²) in [6.45, 7) is 6.28. The van der Waals surface area contributed by atoms with Gasteiger partial charge in [0.15, 0.2) is 0 Å². The van der Waals surface area contributed by atoms with Crippen molar-refractivity contribution in [3.05, 3.63) is 65.7 Å². The molecule has 30 heavy (non-hydrogen) atoms. The summed E-state index contributed by atoms with van der Waals surface area (Å²) >= 11 is 0. The molecule has 2 aromatic carbocycles. The van der Waals surface area contributed by atoms with E-state index in [9.17, 15) is 0 Å². The van der Waals surface area contributed by atoms with Crippen LogP contribution in [0.15, 0.2) is 54.6 Å². The van der Waals surface area contributed by atoms with Crippen LogP contribution in [-0.4, -0.2) is 55.1 Å². The Morgan fingerprint density at radius 3 is 2.47 bits per heavy atom. The maximum atomic E-state index is 2.83. The summed E-state index contributed by atoms with van der Waals surface area (Å²) in [5.74, 6) is 1.65. The van der Waals surface area contributed by atoms with Gasteiger partial charge in [-0.2, -0.15) is 0 Å². The zero-order valence-corrected chi connectivity index (χ0v) is 18.3. The quantitative estimate of drug-likeness (QED) is 0.728. The fraction of sp³-hybridized carbons (Fsp3) is 0.556. The third kappa shape index (κ3) is 2.93. The van der Waals surface area contributed by atoms with Crippen LogP contribution in [0.1, 0.15) is 42.9 Å². The van der Waals surface area contributed by atoms with Crippen molar-refractivity contribution in [2.75, 3.05) is 44.7 Å². The number of para-hydroxylation sites is 1. The van der Waals surface area contributed by atoms with Crippen LogP contribution in [0.3, 0.4) is 0 Å². The molecule has 3 aliphatic heterocycles. The van der Waals surface area contributed by atoms with Gasteiger partial charge in [0, 0.05) is 55.9 Å². The fourth-order valence-electron chi connectivity index (χ4n) is 7.44. The van der Waals surface area contributed by atoms with Gasteiger partial charge in [0.1, 0.15) is 0 Å². The van der Waals surface area contributed by atoms with Crippen LogP contribution < -0.4 is 4.90 Å². The summed E-state index contributed by atoms with van der Waals surface area (Å²) in [5, 5.41) is 0. The first kappa shape index (κ1) is 18.9. The molecule has 3 heteroatoms. The lowest BCUT2D eigenvalue weighted by Gasteiger charge is -2.51. The van der Waals surface area contributed by atoms with Crippen LogP contribution in [0, 0.1) is 11.8 Å². The van der Waals surface area contributed by atoms with E-state index in [4.69, 9.17) is 0 Å². The molecule has 0 saturated carbocycles. The zero-order valence-electron chi connectivity index (χ0n) is 18.3. The van der Waals surface area contributed by atoms with Gasteiger partial charge in [-0.05, 0) is 68.3 Å². The second kappa shape index (κ2) is 7.39. The number of fused-ring (bicyclic) bond motifs is 3. The molecular formula is C27H35N3. The summed E-state index contributed by atoms with van der Waals surface area (Å²) in [5.41, 5.74) is 5.01. The van der Waals surface area contributed by atoms with Crippen molar-refractivity contribution in [2.45, 2.75) is 43.7 Å². The number of aryl methyl sites for hydroxylation is 1. The second-order valence-corrected chi connectivity index (χ2v) is 10.3. The maximum Gasteiger partial charge on any atom is 0.0470 e. The molecule has 0 amide bonds. The van der Waals surface area contributed by atoms with E-state index >= 15 is 0 Å². The number of piperidine rings is 1. The highest BCUT2D eigenvalue weighted by Gasteiger charge is 2.57. The Balaban J connectivity index is 1.28. The van der Waals surface area contributed by atoms with Gasteiger partial charge in [0.25, 0.3) is 0 Å². The summed E-state index contributed by atoms with van der Waals surface area (Å²) in [6.07, 6.45) is 6.57. The largest absolute Gasteiger partial charge is 0.365 e. The van der Waals surface area contributed by atoms with E-state index in [0.717, 1.165) is 11.8 Å². The van der Waals surface area contributed by atoms with Crippen LogP contribution in [0.5, 0.6) is 0 Å². The fourth-order valence-corrected chi connectivity index (χ4v) is 7.44. The van der Waals surface area contributed by atoms with Crippen molar-refractivity contribution in [1.29, 1.82) is 0 Å². The van der Waals surface area contributed by atoms with Crippen molar-refractivity contribution < 1.29 is 0 Å². The van der Waals surface area contributed by atoms with E-state index in [1.807, 2.05) is 0 Å². The van der Waals surface area contributed by atoms with Gasteiger partial charge in [-0.15, -0.1) is 0 Å². The summed E-state index contributed by atoms with van der Waals surface area (Å²) in [6, 6.07) is 21.2. The zero-order chi connectivity index (χ0) is 20.1. The predicted octanol–water partition coefficient (Wildman–Crippen LogP) is 4.60. The molecule has 0 bridgehead atoms. The smallest absolute Gasteiger partial charge is 0.0470 e. The van der Waals surface area contributed by atoms with Gasteiger partial charge in [-0.25, -0.2) is 0 Å². The number of likely N-dealkylation sites (tertiary alicyclic amines) is 2. The van der Waals surface area contributed by atoms with E-state index in [1.54, 1.807) is 11.1 Å². The molecule has 3 fully saturated rings. The standard InChI is InChI=1S/C27H35N3/c1-28-18-22-19-30(23-10-3-2-4-11-23)27(25(22)20-28)14-16-29(17-15-27)26-13-7-9-21-8-5-6-12-24(21)26/h2-6,8,10-12,22,25-26H,7,9,13-20H2,1H3. The Morgan fingerprint density at radius 2 is 1.63 bits per heavy atom. The monoisotopic (exact) mass is 401 g/mol.